The van der Waals surface area contributed by atoms with E-state index in [-0.39, 0.29) is 17.9 Å². The number of carbonyl (C=O) groups excluding carboxylic acids is 1. The number of likely N-dealkylation sites (tertiary alicyclic amines) is 1. The summed E-state index contributed by atoms with van der Waals surface area (Å²) in [6.07, 6.45) is 13.7. The van der Waals surface area contributed by atoms with Crippen molar-refractivity contribution in [2.45, 2.75) is 70.4 Å². The third-order valence-corrected chi connectivity index (χ3v) is 5.84. The molecule has 1 saturated carbocycles. The van der Waals surface area contributed by atoms with E-state index in [2.05, 4.69) is 22.2 Å². The molecule has 0 bridgehead atoms. The molecular formula is C19H32N4O. The zero-order chi connectivity index (χ0) is 16.9. The summed E-state index contributed by atoms with van der Waals surface area (Å²) in [6, 6.07) is 0.865. The number of piperidine rings is 1. The summed E-state index contributed by atoms with van der Waals surface area (Å²) in [5.41, 5.74) is 1.10. The summed E-state index contributed by atoms with van der Waals surface area (Å²) < 4.78 is 1.80. The lowest BCUT2D eigenvalue weighted by molar-refractivity contribution is -0.127. The number of hydrogen-bond acceptors (Lipinski definition) is 3. The van der Waals surface area contributed by atoms with Gasteiger partial charge in [-0.2, -0.15) is 5.10 Å². The molecule has 0 unspecified atom stereocenters. The highest BCUT2D eigenvalue weighted by atomic mass is 16.1. The predicted octanol–water partition coefficient (Wildman–Crippen LogP) is 3.03. The second kappa shape index (κ2) is 8.15. The quantitative estimate of drug-likeness (QED) is 0.902. The fourth-order valence-corrected chi connectivity index (χ4v) is 4.30. The lowest BCUT2D eigenvalue weighted by Gasteiger charge is -2.39. The van der Waals surface area contributed by atoms with Crippen LogP contribution in [0, 0.1) is 5.92 Å². The average Bonchev–Trinajstić information content (AvgIpc) is 3.06. The molecule has 5 heteroatoms. The molecule has 1 aromatic heterocycles. The third kappa shape index (κ3) is 4.18. The monoisotopic (exact) mass is 332 g/mol. The van der Waals surface area contributed by atoms with Crippen LogP contribution < -0.4 is 5.32 Å². The molecule has 1 aromatic rings. The van der Waals surface area contributed by atoms with Crippen molar-refractivity contribution >= 4 is 5.91 Å². The average molecular weight is 332 g/mol. The molecule has 3 rings (SSSR count). The second-order valence-corrected chi connectivity index (χ2v) is 7.52. The van der Waals surface area contributed by atoms with Gasteiger partial charge in [-0.15, -0.1) is 0 Å². The Morgan fingerprint density at radius 3 is 2.54 bits per heavy atom. The number of nitrogens with zero attached hydrogens (tertiary/aromatic N) is 3. The smallest absolute Gasteiger partial charge is 0.223 e. The van der Waals surface area contributed by atoms with Gasteiger partial charge in [-0.05, 0) is 45.2 Å². The zero-order valence-corrected chi connectivity index (χ0v) is 15.2. The van der Waals surface area contributed by atoms with Gasteiger partial charge in [-0.25, -0.2) is 0 Å². The Morgan fingerprint density at radius 1 is 1.25 bits per heavy atom. The van der Waals surface area contributed by atoms with E-state index in [9.17, 15) is 4.79 Å². The zero-order valence-electron chi connectivity index (χ0n) is 15.2. The van der Waals surface area contributed by atoms with Crippen LogP contribution in [0.2, 0.25) is 0 Å². The summed E-state index contributed by atoms with van der Waals surface area (Å²) in [5, 5.41) is 7.48. The summed E-state index contributed by atoms with van der Waals surface area (Å²) in [7, 11) is 1.92. The summed E-state index contributed by atoms with van der Waals surface area (Å²) in [4.78, 5) is 15.3. The van der Waals surface area contributed by atoms with Gasteiger partial charge in [-0.1, -0.05) is 26.2 Å². The molecule has 2 fully saturated rings. The van der Waals surface area contributed by atoms with Crippen molar-refractivity contribution in [2.24, 2.45) is 13.0 Å². The Bertz CT molecular complexity index is 527. The van der Waals surface area contributed by atoms with Gasteiger partial charge < -0.3 is 10.2 Å². The van der Waals surface area contributed by atoms with Crippen molar-refractivity contribution in [3.8, 4) is 0 Å². The first-order valence-corrected chi connectivity index (χ1v) is 9.70. The maximum Gasteiger partial charge on any atom is 0.223 e. The molecule has 2 heterocycles. The van der Waals surface area contributed by atoms with E-state index >= 15 is 0 Å². The molecule has 2 aliphatic rings. The van der Waals surface area contributed by atoms with Crippen LogP contribution in [-0.4, -0.2) is 39.7 Å². The second-order valence-electron chi connectivity index (χ2n) is 7.52. The highest BCUT2D eigenvalue weighted by Gasteiger charge is 2.30. The SMILES string of the molecule is CC[C@@H](NC(=O)C1CCN(C2CCCCC2)CC1)c1cnn(C)c1. The molecule has 1 aliphatic carbocycles. The highest BCUT2D eigenvalue weighted by molar-refractivity contribution is 5.79. The van der Waals surface area contributed by atoms with Crippen LogP contribution in [0.1, 0.15) is 69.9 Å². The number of aryl methyl sites for hydroxylation is 1. The van der Waals surface area contributed by atoms with Gasteiger partial charge in [0.1, 0.15) is 0 Å². The fourth-order valence-electron chi connectivity index (χ4n) is 4.30. The third-order valence-electron chi connectivity index (χ3n) is 5.84. The molecular weight excluding hydrogens is 300 g/mol. The fraction of sp³-hybridized carbons (Fsp3) is 0.789. The van der Waals surface area contributed by atoms with Gasteiger partial charge in [0.05, 0.1) is 12.2 Å². The van der Waals surface area contributed by atoms with E-state index in [1.807, 2.05) is 19.4 Å². The first kappa shape index (κ1) is 17.5. The Labute approximate surface area is 145 Å². The molecule has 1 amide bonds. The molecule has 0 aromatic carbocycles. The molecule has 134 valence electrons. The molecule has 5 nitrogen and oxygen atoms in total. The maximum absolute atomic E-state index is 12.7. The lowest BCUT2D eigenvalue weighted by atomic mass is 9.89. The standard InChI is InChI=1S/C19H32N4O/c1-3-18(16-13-20-22(2)14-16)21-19(24)15-9-11-23(12-10-15)17-7-5-4-6-8-17/h13-15,17-18H,3-12H2,1-2H3,(H,21,24)/t18-/m1/s1. The van der Waals surface area contributed by atoms with Gasteiger partial charge in [0.15, 0.2) is 0 Å². The van der Waals surface area contributed by atoms with E-state index < -0.39 is 0 Å². The van der Waals surface area contributed by atoms with Crippen molar-refractivity contribution in [3.63, 3.8) is 0 Å². The summed E-state index contributed by atoms with van der Waals surface area (Å²) in [6.45, 7) is 4.29. The van der Waals surface area contributed by atoms with Crippen LogP contribution >= 0.6 is 0 Å². The van der Waals surface area contributed by atoms with Crippen LogP contribution in [0.5, 0.6) is 0 Å². The minimum Gasteiger partial charge on any atom is -0.349 e. The normalized spacial score (nSPS) is 22.4. The van der Waals surface area contributed by atoms with Crippen molar-refractivity contribution in [3.05, 3.63) is 18.0 Å². The number of aromatic nitrogens is 2. The summed E-state index contributed by atoms with van der Waals surface area (Å²) >= 11 is 0. The van der Waals surface area contributed by atoms with Crippen molar-refractivity contribution < 1.29 is 4.79 Å². The van der Waals surface area contributed by atoms with Crippen LogP contribution in [0.4, 0.5) is 0 Å². The van der Waals surface area contributed by atoms with Crippen molar-refractivity contribution in [2.75, 3.05) is 13.1 Å². The molecule has 1 atom stereocenters. The predicted molar refractivity (Wildman–Crippen MR) is 95.6 cm³/mol. The van der Waals surface area contributed by atoms with Crippen molar-refractivity contribution in [1.82, 2.24) is 20.0 Å². The largest absolute Gasteiger partial charge is 0.349 e. The van der Waals surface area contributed by atoms with Crippen LogP contribution in [-0.2, 0) is 11.8 Å². The molecule has 24 heavy (non-hydrogen) atoms. The van der Waals surface area contributed by atoms with Gasteiger partial charge in [0.2, 0.25) is 5.91 Å². The highest BCUT2D eigenvalue weighted by Crippen LogP contribution is 2.27. The maximum atomic E-state index is 12.7. The number of rotatable bonds is 5. The van der Waals surface area contributed by atoms with Crippen LogP contribution in [0.15, 0.2) is 12.4 Å². The minimum atomic E-state index is 0.0857. The molecule has 0 spiro atoms. The Hall–Kier alpha value is -1.36. The minimum absolute atomic E-state index is 0.0857. The Balaban J connectivity index is 1.49. The van der Waals surface area contributed by atoms with Crippen LogP contribution in [0.25, 0.3) is 0 Å². The molecule has 1 saturated heterocycles. The molecule has 0 radical (unpaired) electrons. The first-order chi connectivity index (χ1) is 11.7. The molecule has 1 N–H and O–H groups in total. The summed E-state index contributed by atoms with van der Waals surface area (Å²) in [5.74, 6) is 0.407. The first-order valence-electron chi connectivity index (χ1n) is 9.70. The van der Waals surface area contributed by atoms with Crippen molar-refractivity contribution in [1.29, 1.82) is 0 Å². The van der Waals surface area contributed by atoms with E-state index in [1.54, 1.807) is 4.68 Å². The van der Waals surface area contributed by atoms with Gasteiger partial charge in [-0.3, -0.25) is 9.48 Å². The Kier molecular flexibility index (Phi) is 5.93. The number of amides is 1. The topological polar surface area (TPSA) is 50.2 Å². The van der Waals surface area contributed by atoms with Gasteiger partial charge >= 0.3 is 0 Å². The van der Waals surface area contributed by atoms with E-state index in [0.717, 1.165) is 44.0 Å². The Morgan fingerprint density at radius 2 is 1.96 bits per heavy atom. The van der Waals surface area contributed by atoms with Gasteiger partial charge in [0, 0.05) is 30.8 Å². The number of nitrogens with one attached hydrogen (secondary N) is 1. The van der Waals surface area contributed by atoms with Gasteiger partial charge in [0.25, 0.3) is 0 Å². The lowest BCUT2D eigenvalue weighted by Crippen LogP contribution is -2.45. The van der Waals surface area contributed by atoms with E-state index in [4.69, 9.17) is 0 Å². The van der Waals surface area contributed by atoms with E-state index in [0.29, 0.717) is 0 Å². The van der Waals surface area contributed by atoms with Crippen LogP contribution in [0.3, 0.4) is 0 Å². The number of carbonyl (C=O) groups is 1. The molecule has 1 aliphatic heterocycles. The van der Waals surface area contributed by atoms with E-state index in [1.165, 1.54) is 32.1 Å². The number of hydrogen-bond donors (Lipinski definition) is 1.